The van der Waals surface area contributed by atoms with Crippen molar-refractivity contribution in [3.8, 4) is 55.6 Å². The highest BCUT2D eigenvalue weighted by atomic mass is 16.3. The molecule has 0 bridgehead atoms. The molecule has 0 radical (unpaired) electrons. The van der Waals surface area contributed by atoms with E-state index in [-0.39, 0.29) is 0 Å². The molecule has 226 valence electrons. The molecule has 1 nitrogen and oxygen atoms in total. The average Bonchev–Trinajstić information content (AvgIpc) is 3.55. The highest BCUT2D eigenvalue weighted by Crippen LogP contribution is 2.41. The summed E-state index contributed by atoms with van der Waals surface area (Å²) in [6.07, 6.45) is 0. The van der Waals surface area contributed by atoms with Crippen molar-refractivity contribution in [3.63, 3.8) is 0 Å². The molecule has 0 atom stereocenters. The first-order chi connectivity index (χ1) is 23.7. The van der Waals surface area contributed by atoms with Gasteiger partial charge >= 0.3 is 0 Å². The second-order valence-corrected chi connectivity index (χ2v) is 12.6. The Morgan fingerprint density at radius 3 is 1.35 bits per heavy atom. The van der Waals surface area contributed by atoms with Crippen LogP contribution in [0.2, 0.25) is 0 Å². The molecule has 0 aliphatic rings. The SMILES string of the molecule is Cc1cccc2oc3c4ccccc4c(-c4ccc(-c5ccc(-c6cc(-c7ccccc7)cc(-c7ccccc7)c6)cc5)cc4)cc3c12. The predicted octanol–water partition coefficient (Wildman–Crippen LogP) is 13.4. The minimum Gasteiger partial charge on any atom is -0.455 e. The van der Waals surface area contributed by atoms with Crippen LogP contribution in [0, 0.1) is 6.92 Å². The Morgan fingerprint density at radius 2 is 0.792 bits per heavy atom. The smallest absolute Gasteiger partial charge is 0.143 e. The first-order valence-electron chi connectivity index (χ1n) is 16.5. The van der Waals surface area contributed by atoms with E-state index in [1.54, 1.807) is 0 Å². The van der Waals surface area contributed by atoms with Crippen LogP contribution >= 0.6 is 0 Å². The molecule has 48 heavy (non-hydrogen) atoms. The van der Waals surface area contributed by atoms with Gasteiger partial charge in [-0.05, 0) is 104 Å². The summed E-state index contributed by atoms with van der Waals surface area (Å²) in [7, 11) is 0. The molecule has 0 fully saturated rings. The lowest BCUT2D eigenvalue weighted by Gasteiger charge is -2.12. The standard InChI is InChI=1S/C47H32O/c1-31-11-10-18-45-46(31)44-30-43(41-16-8-9-17-42(41)47(44)48-45)37-25-23-35(24-26-37)34-19-21-36(22-20-34)40-28-38(32-12-4-2-5-13-32)27-39(29-40)33-14-6-3-7-15-33/h2-30H,1H3. The molecule has 0 amide bonds. The van der Waals surface area contributed by atoms with Gasteiger partial charge in [-0.25, -0.2) is 0 Å². The number of rotatable bonds is 5. The van der Waals surface area contributed by atoms with Crippen molar-refractivity contribution in [2.24, 2.45) is 0 Å². The number of furan rings is 1. The maximum Gasteiger partial charge on any atom is 0.143 e. The van der Waals surface area contributed by atoms with Gasteiger partial charge in [-0.15, -0.1) is 0 Å². The van der Waals surface area contributed by atoms with Crippen LogP contribution in [0.3, 0.4) is 0 Å². The number of hydrogen-bond donors (Lipinski definition) is 0. The van der Waals surface area contributed by atoms with E-state index in [1.807, 2.05) is 0 Å². The molecule has 0 saturated carbocycles. The Balaban J connectivity index is 1.08. The van der Waals surface area contributed by atoms with E-state index in [0.717, 1.165) is 16.6 Å². The third kappa shape index (κ3) is 4.89. The molecule has 0 aliphatic carbocycles. The summed E-state index contributed by atoms with van der Waals surface area (Å²) < 4.78 is 6.41. The van der Waals surface area contributed by atoms with Crippen LogP contribution < -0.4 is 0 Å². The van der Waals surface area contributed by atoms with Crippen LogP contribution in [0.1, 0.15) is 5.56 Å². The van der Waals surface area contributed by atoms with E-state index in [0.29, 0.717) is 0 Å². The first kappa shape index (κ1) is 28.1. The molecular formula is C47H32O. The molecule has 0 saturated heterocycles. The first-order valence-corrected chi connectivity index (χ1v) is 16.5. The van der Waals surface area contributed by atoms with Gasteiger partial charge in [-0.3, -0.25) is 0 Å². The van der Waals surface area contributed by atoms with Gasteiger partial charge in [0, 0.05) is 16.2 Å². The normalized spacial score (nSPS) is 11.4. The number of benzene rings is 8. The number of hydrogen-bond acceptors (Lipinski definition) is 1. The topological polar surface area (TPSA) is 13.1 Å². The van der Waals surface area contributed by atoms with Crippen LogP contribution in [0.4, 0.5) is 0 Å². The largest absolute Gasteiger partial charge is 0.455 e. The molecule has 9 aromatic rings. The fraction of sp³-hybridized carbons (Fsp3) is 0.0213. The zero-order valence-corrected chi connectivity index (χ0v) is 26.7. The van der Waals surface area contributed by atoms with Crippen LogP contribution in [-0.4, -0.2) is 0 Å². The van der Waals surface area contributed by atoms with E-state index in [1.165, 1.54) is 77.4 Å². The minimum absolute atomic E-state index is 0.939. The third-order valence-corrected chi connectivity index (χ3v) is 9.61. The summed E-state index contributed by atoms with van der Waals surface area (Å²) in [5.41, 5.74) is 15.2. The zero-order chi connectivity index (χ0) is 32.0. The second kappa shape index (κ2) is 11.6. The van der Waals surface area contributed by atoms with E-state index >= 15 is 0 Å². The summed E-state index contributed by atoms with van der Waals surface area (Å²) in [5.74, 6) is 0. The summed E-state index contributed by atoms with van der Waals surface area (Å²) in [6.45, 7) is 2.16. The highest BCUT2D eigenvalue weighted by molar-refractivity contribution is 6.19. The maximum absolute atomic E-state index is 6.41. The summed E-state index contributed by atoms with van der Waals surface area (Å²) >= 11 is 0. The highest BCUT2D eigenvalue weighted by Gasteiger charge is 2.16. The summed E-state index contributed by atoms with van der Waals surface area (Å²) in [5, 5.41) is 4.71. The molecule has 1 aromatic heterocycles. The fourth-order valence-corrected chi connectivity index (χ4v) is 7.15. The Labute approximate surface area is 280 Å². The zero-order valence-electron chi connectivity index (χ0n) is 26.7. The molecule has 0 unspecified atom stereocenters. The quantitative estimate of drug-likeness (QED) is 0.188. The van der Waals surface area contributed by atoms with E-state index < -0.39 is 0 Å². The lowest BCUT2D eigenvalue weighted by Crippen LogP contribution is -1.87. The molecule has 8 aromatic carbocycles. The minimum atomic E-state index is 0.939. The van der Waals surface area contributed by atoms with Crippen molar-refractivity contribution in [2.45, 2.75) is 6.92 Å². The van der Waals surface area contributed by atoms with E-state index in [4.69, 9.17) is 4.42 Å². The Hall–Kier alpha value is -6.18. The maximum atomic E-state index is 6.41. The Kier molecular flexibility index (Phi) is 6.76. The van der Waals surface area contributed by atoms with Gasteiger partial charge in [-0.2, -0.15) is 0 Å². The number of fused-ring (bicyclic) bond motifs is 5. The molecule has 1 heteroatoms. The molecular weight excluding hydrogens is 581 g/mol. The summed E-state index contributed by atoms with van der Waals surface area (Å²) in [6, 6.07) is 63.3. The van der Waals surface area contributed by atoms with Crippen LogP contribution in [0.5, 0.6) is 0 Å². The molecule has 0 N–H and O–H groups in total. The monoisotopic (exact) mass is 612 g/mol. The van der Waals surface area contributed by atoms with Crippen molar-refractivity contribution in [1.82, 2.24) is 0 Å². The van der Waals surface area contributed by atoms with E-state index in [2.05, 4.69) is 183 Å². The fourth-order valence-electron chi connectivity index (χ4n) is 7.15. The van der Waals surface area contributed by atoms with E-state index in [9.17, 15) is 0 Å². The van der Waals surface area contributed by atoms with Crippen molar-refractivity contribution in [3.05, 3.63) is 181 Å². The van der Waals surface area contributed by atoms with Crippen molar-refractivity contribution < 1.29 is 4.42 Å². The Morgan fingerprint density at radius 1 is 0.333 bits per heavy atom. The predicted molar refractivity (Wildman–Crippen MR) is 203 cm³/mol. The van der Waals surface area contributed by atoms with Gasteiger partial charge in [0.2, 0.25) is 0 Å². The molecule has 0 spiro atoms. The van der Waals surface area contributed by atoms with Crippen molar-refractivity contribution in [1.29, 1.82) is 0 Å². The van der Waals surface area contributed by atoms with Crippen LogP contribution in [0.15, 0.2) is 180 Å². The lowest BCUT2D eigenvalue weighted by atomic mass is 9.92. The average molecular weight is 613 g/mol. The van der Waals surface area contributed by atoms with Gasteiger partial charge < -0.3 is 4.42 Å². The van der Waals surface area contributed by atoms with Gasteiger partial charge in [-0.1, -0.05) is 146 Å². The van der Waals surface area contributed by atoms with Crippen molar-refractivity contribution in [2.75, 3.05) is 0 Å². The van der Waals surface area contributed by atoms with Crippen LogP contribution in [0.25, 0.3) is 88.3 Å². The number of aryl methyl sites for hydroxylation is 1. The van der Waals surface area contributed by atoms with Crippen molar-refractivity contribution >= 4 is 32.7 Å². The van der Waals surface area contributed by atoms with Crippen LogP contribution in [-0.2, 0) is 0 Å². The van der Waals surface area contributed by atoms with Gasteiger partial charge in [0.1, 0.15) is 11.2 Å². The van der Waals surface area contributed by atoms with Gasteiger partial charge in [0.25, 0.3) is 0 Å². The molecule has 9 rings (SSSR count). The molecule has 1 heterocycles. The van der Waals surface area contributed by atoms with Gasteiger partial charge in [0.15, 0.2) is 0 Å². The second-order valence-electron chi connectivity index (χ2n) is 12.6. The Bertz CT molecular complexity index is 2520. The lowest BCUT2D eigenvalue weighted by molar-refractivity contribution is 0.672. The molecule has 0 aliphatic heterocycles. The third-order valence-electron chi connectivity index (χ3n) is 9.61. The van der Waals surface area contributed by atoms with Gasteiger partial charge in [0.05, 0.1) is 0 Å². The summed E-state index contributed by atoms with van der Waals surface area (Å²) in [4.78, 5) is 0.